The predicted octanol–water partition coefficient (Wildman–Crippen LogP) is 4.67. The molecule has 0 aliphatic heterocycles. The van der Waals surface area contributed by atoms with Gasteiger partial charge in [-0.1, -0.05) is 31.2 Å². The van der Waals surface area contributed by atoms with Gasteiger partial charge in [0.1, 0.15) is 0 Å². The van der Waals surface area contributed by atoms with E-state index in [9.17, 15) is 0 Å². The van der Waals surface area contributed by atoms with Crippen LogP contribution in [0.1, 0.15) is 23.6 Å². The molecule has 2 N–H and O–H groups in total. The van der Waals surface area contributed by atoms with Crippen LogP contribution in [0.3, 0.4) is 0 Å². The maximum Gasteiger partial charge on any atom is 0.175 e. The van der Waals surface area contributed by atoms with Crippen molar-refractivity contribution in [2.45, 2.75) is 27.2 Å². The molecule has 0 heterocycles. The molecular weight excluding hydrogens is 264 g/mol. The fourth-order valence-electron chi connectivity index (χ4n) is 1.98. The lowest BCUT2D eigenvalue weighted by Crippen LogP contribution is -2.19. The Morgan fingerprint density at radius 2 is 1.70 bits per heavy atom. The van der Waals surface area contributed by atoms with E-state index < -0.39 is 0 Å². The lowest BCUT2D eigenvalue weighted by atomic mass is 10.1. The highest BCUT2D eigenvalue weighted by molar-refractivity contribution is 7.80. The van der Waals surface area contributed by atoms with Crippen LogP contribution in [0.2, 0.25) is 0 Å². The number of hydrogen-bond acceptors (Lipinski definition) is 1. The van der Waals surface area contributed by atoms with Crippen molar-refractivity contribution in [2.75, 3.05) is 10.6 Å². The molecule has 0 saturated heterocycles. The summed E-state index contributed by atoms with van der Waals surface area (Å²) >= 11 is 5.36. The highest BCUT2D eigenvalue weighted by Gasteiger charge is 2.02. The monoisotopic (exact) mass is 284 g/mol. The van der Waals surface area contributed by atoms with Crippen molar-refractivity contribution in [1.29, 1.82) is 0 Å². The molecule has 0 aliphatic rings. The van der Waals surface area contributed by atoms with Gasteiger partial charge >= 0.3 is 0 Å². The van der Waals surface area contributed by atoms with Gasteiger partial charge < -0.3 is 10.6 Å². The van der Waals surface area contributed by atoms with Gasteiger partial charge in [0, 0.05) is 11.4 Å². The molecule has 0 aromatic heterocycles. The standard InChI is InChI=1S/C17H20N2S/c1-4-14-7-9-15(10-8-14)18-17(20)19-16-11-12(2)5-6-13(16)3/h5-11H,4H2,1-3H3,(H2,18,19,20). The lowest BCUT2D eigenvalue weighted by molar-refractivity contribution is 1.14. The maximum absolute atomic E-state index is 5.36. The molecule has 0 radical (unpaired) electrons. The molecule has 0 bridgehead atoms. The average molecular weight is 284 g/mol. The molecule has 0 saturated carbocycles. The first-order valence-corrected chi connectivity index (χ1v) is 7.23. The minimum atomic E-state index is 0.614. The molecule has 0 fully saturated rings. The summed E-state index contributed by atoms with van der Waals surface area (Å²) in [5.74, 6) is 0. The van der Waals surface area contributed by atoms with Crippen molar-refractivity contribution >= 4 is 28.7 Å². The molecule has 2 rings (SSSR count). The van der Waals surface area contributed by atoms with Crippen LogP contribution in [-0.2, 0) is 6.42 Å². The summed E-state index contributed by atoms with van der Waals surface area (Å²) in [6.07, 6.45) is 1.05. The van der Waals surface area contributed by atoms with Gasteiger partial charge in [0.25, 0.3) is 0 Å². The fraction of sp³-hybridized carbons (Fsp3) is 0.235. The topological polar surface area (TPSA) is 24.1 Å². The van der Waals surface area contributed by atoms with Crippen LogP contribution in [0.25, 0.3) is 0 Å². The van der Waals surface area contributed by atoms with Gasteiger partial charge in [-0.2, -0.15) is 0 Å². The number of hydrogen-bond donors (Lipinski definition) is 2. The van der Waals surface area contributed by atoms with E-state index >= 15 is 0 Å². The second-order valence-corrected chi connectivity index (χ2v) is 5.36. The Hall–Kier alpha value is -1.87. The molecule has 0 amide bonds. The molecule has 0 aliphatic carbocycles. The summed E-state index contributed by atoms with van der Waals surface area (Å²) in [6.45, 7) is 6.29. The van der Waals surface area contributed by atoms with Crippen molar-refractivity contribution < 1.29 is 0 Å². The third kappa shape index (κ3) is 3.81. The Morgan fingerprint density at radius 3 is 2.35 bits per heavy atom. The Kier molecular flexibility index (Phi) is 4.74. The molecule has 3 heteroatoms. The molecule has 2 aromatic rings. The highest BCUT2D eigenvalue weighted by atomic mass is 32.1. The predicted molar refractivity (Wildman–Crippen MR) is 91.6 cm³/mol. The second kappa shape index (κ2) is 6.53. The van der Waals surface area contributed by atoms with E-state index in [4.69, 9.17) is 12.2 Å². The maximum atomic E-state index is 5.36. The van der Waals surface area contributed by atoms with E-state index in [0.29, 0.717) is 5.11 Å². The molecule has 0 unspecified atom stereocenters. The van der Waals surface area contributed by atoms with Crippen molar-refractivity contribution in [3.05, 3.63) is 59.2 Å². The van der Waals surface area contributed by atoms with Crippen LogP contribution in [0, 0.1) is 13.8 Å². The summed E-state index contributed by atoms with van der Waals surface area (Å²) in [7, 11) is 0. The van der Waals surface area contributed by atoms with Crippen LogP contribution < -0.4 is 10.6 Å². The summed E-state index contributed by atoms with van der Waals surface area (Å²) in [4.78, 5) is 0. The van der Waals surface area contributed by atoms with Crippen LogP contribution >= 0.6 is 12.2 Å². The summed E-state index contributed by atoms with van der Waals surface area (Å²) < 4.78 is 0. The third-order valence-corrected chi connectivity index (χ3v) is 3.47. The van der Waals surface area contributed by atoms with Crippen molar-refractivity contribution in [1.82, 2.24) is 0 Å². The summed E-state index contributed by atoms with van der Waals surface area (Å²) in [6, 6.07) is 14.6. The first-order chi connectivity index (χ1) is 9.58. The minimum absolute atomic E-state index is 0.614. The normalized spacial score (nSPS) is 10.2. The van der Waals surface area contributed by atoms with Gasteiger partial charge in [-0.25, -0.2) is 0 Å². The quantitative estimate of drug-likeness (QED) is 0.801. The van der Waals surface area contributed by atoms with Crippen LogP contribution in [0.15, 0.2) is 42.5 Å². The van der Waals surface area contributed by atoms with E-state index in [2.05, 4.69) is 73.9 Å². The largest absolute Gasteiger partial charge is 0.332 e. The lowest BCUT2D eigenvalue weighted by Gasteiger charge is -2.13. The average Bonchev–Trinajstić information content (AvgIpc) is 2.43. The minimum Gasteiger partial charge on any atom is -0.332 e. The van der Waals surface area contributed by atoms with Crippen molar-refractivity contribution in [3.8, 4) is 0 Å². The zero-order valence-corrected chi connectivity index (χ0v) is 13.0. The summed E-state index contributed by atoms with van der Waals surface area (Å²) in [5.41, 5.74) is 5.77. The van der Waals surface area contributed by atoms with Crippen LogP contribution in [-0.4, -0.2) is 5.11 Å². The number of nitrogens with one attached hydrogen (secondary N) is 2. The second-order valence-electron chi connectivity index (χ2n) is 4.95. The van der Waals surface area contributed by atoms with Gasteiger partial charge in [-0.3, -0.25) is 0 Å². The number of anilines is 2. The molecule has 2 aromatic carbocycles. The Morgan fingerprint density at radius 1 is 1.00 bits per heavy atom. The molecular formula is C17H20N2S. The molecule has 2 nitrogen and oxygen atoms in total. The van der Waals surface area contributed by atoms with Crippen molar-refractivity contribution in [2.24, 2.45) is 0 Å². The zero-order valence-electron chi connectivity index (χ0n) is 12.2. The highest BCUT2D eigenvalue weighted by Crippen LogP contribution is 2.17. The van der Waals surface area contributed by atoms with Gasteiger partial charge in [0.2, 0.25) is 0 Å². The van der Waals surface area contributed by atoms with Gasteiger partial charge in [-0.15, -0.1) is 0 Å². The first-order valence-electron chi connectivity index (χ1n) is 6.82. The smallest absolute Gasteiger partial charge is 0.175 e. The number of rotatable bonds is 3. The van der Waals surface area contributed by atoms with E-state index in [1.807, 2.05) is 0 Å². The van der Waals surface area contributed by atoms with E-state index in [-0.39, 0.29) is 0 Å². The van der Waals surface area contributed by atoms with Crippen LogP contribution in [0.5, 0.6) is 0 Å². The molecule has 20 heavy (non-hydrogen) atoms. The third-order valence-electron chi connectivity index (χ3n) is 3.26. The fourth-order valence-corrected chi connectivity index (χ4v) is 2.21. The van der Waals surface area contributed by atoms with Crippen molar-refractivity contribution in [3.63, 3.8) is 0 Å². The van der Waals surface area contributed by atoms with Gasteiger partial charge in [0.15, 0.2) is 5.11 Å². The van der Waals surface area contributed by atoms with E-state index in [0.717, 1.165) is 17.8 Å². The number of benzene rings is 2. The van der Waals surface area contributed by atoms with Gasteiger partial charge in [0.05, 0.1) is 0 Å². The number of aryl methyl sites for hydroxylation is 3. The molecule has 0 atom stereocenters. The number of thiocarbonyl (C=S) groups is 1. The Labute approximate surface area is 126 Å². The van der Waals surface area contributed by atoms with E-state index in [1.165, 1.54) is 16.7 Å². The Balaban J connectivity index is 2.03. The summed E-state index contributed by atoms with van der Waals surface area (Å²) in [5, 5.41) is 7.07. The van der Waals surface area contributed by atoms with Crippen LogP contribution in [0.4, 0.5) is 11.4 Å². The Bertz CT molecular complexity index is 603. The van der Waals surface area contributed by atoms with E-state index in [1.54, 1.807) is 0 Å². The first kappa shape index (κ1) is 14.5. The zero-order chi connectivity index (χ0) is 14.5. The molecule has 0 spiro atoms. The SMILES string of the molecule is CCc1ccc(NC(=S)Nc2cc(C)ccc2C)cc1. The molecule has 104 valence electrons. The van der Waals surface area contributed by atoms with Gasteiger partial charge in [-0.05, 0) is 67.4 Å².